The number of amides is 1. The lowest BCUT2D eigenvalue weighted by Gasteiger charge is -2.28. The van der Waals surface area contributed by atoms with Crippen LogP contribution in [0.4, 0.5) is 0 Å². The number of benzene rings is 1. The number of sulfone groups is 1. The topological polar surface area (TPSA) is 89.3 Å². The van der Waals surface area contributed by atoms with E-state index in [2.05, 4.69) is 5.10 Å². The molecule has 7 nitrogen and oxygen atoms in total. The zero-order valence-corrected chi connectivity index (χ0v) is 14.5. The van der Waals surface area contributed by atoms with Gasteiger partial charge in [0.25, 0.3) is 0 Å². The van der Waals surface area contributed by atoms with Crippen molar-refractivity contribution < 1.29 is 13.2 Å². The molecule has 1 aromatic carbocycles. The number of rotatable bonds is 4. The molecule has 2 fully saturated rings. The number of fused-ring (bicyclic) bond motifs is 1. The van der Waals surface area contributed by atoms with Gasteiger partial charge in [0.2, 0.25) is 11.3 Å². The van der Waals surface area contributed by atoms with Crippen molar-refractivity contribution in [1.82, 2.24) is 14.7 Å². The van der Waals surface area contributed by atoms with Crippen molar-refractivity contribution in [1.29, 1.82) is 0 Å². The van der Waals surface area contributed by atoms with Crippen LogP contribution >= 0.6 is 0 Å². The van der Waals surface area contributed by atoms with E-state index in [1.165, 1.54) is 10.9 Å². The summed E-state index contributed by atoms with van der Waals surface area (Å²) < 4.78 is 25.1. The third-order valence-electron chi connectivity index (χ3n) is 4.88. The van der Waals surface area contributed by atoms with Crippen LogP contribution in [0.5, 0.6) is 0 Å². The van der Waals surface area contributed by atoms with Gasteiger partial charge in [-0.2, -0.15) is 5.10 Å². The summed E-state index contributed by atoms with van der Waals surface area (Å²) in [5, 5.41) is 4.62. The number of hydrogen-bond donors (Lipinski definition) is 0. The minimum Gasteiger partial charge on any atom is -0.334 e. The van der Waals surface area contributed by atoms with Gasteiger partial charge in [-0.05, 0) is 31.4 Å². The molecule has 0 N–H and O–H groups in total. The second-order valence-corrected chi connectivity index (χ2v) is 9.00. The van der Waals surface area contributed by atoms with Gasteiger partial charge in [0.15, 0.2) is 9.84 Å². The number of carbonyl (C=O) groups excluding carboxylic acids is 1. The molecule has 25 heavy (non-hydrogen) atoms. The number of carbonyl (C=O) groups is 1. The van der Waals surface area contributed by atoms with Gasteiger partial charge in [-0.3, -0.25) is 14.3 Å². The lowest BCUT2D eigenvalue weighted by Crippen LogP contribution is -2.44. The van der Waals surface area contributed by atoms with Crippen molar-refractivity contribution >= 4 is 26.6 Å². The van der Waals surface area contributed by atoms with E-state index >= 15 is 0 Å². The molecule has 1 aliphatic heterocycles. The van der Waals surface area contributed by atoms with Crippen molar-refractivity contribution in [3.8, 4) is 0 Å². The van der Waals surface area contributed by atoms with E-state index in [1.807, 2.05) is 0 Å². The maximum atomic E-state index is 12.9. The molecule has 0 spiro atoms. The van der Waals surface area contributed by atoms with E-state index in [0.717, 1.165) is 12.8 Å². The van der Waals surface area contributed by atoms with Gasteiger partial charge >= 0.3 is 0 Å². The molecule has 0 bridgehead atoms. The molecule has 1 aromatic heterocycles. The van der Waals surface area contributed by atoms with Crippen LogP contribution < -0.4 is 5.43 Å². The summed E-state index contributed by atoms with van der Waals surface area (Å²) in [6, 6.07) is 6.94. The van der Waals surface area contributed by atoms with Crippen LogP contribution in [0, 0.1) is 0 Å². The summed E-state index contributed by atoms with van der Waals surface area (Å²) in [5.74, 6) is 0.0620. The van der Waals surface area contributed by atoms with Crippen LogP contribution in [-0.4, -0.2) is 52.6 Å². The predicted octanol–water partition coefficient (Wildman–Crippen LogP) is 0.575. The second kappa shape index (κ2) is 5.94. The van der Waals surface area contributed by atoms with E-state index < -0.39 is 9.84 Å². The van der Waals surface area contributed by atoms with Gasteiger partial charge < -0.3 is 4.90 Å². The average Bonchev–Trinajstić information content (AvgIpc) is 3.34. The molecular formula is C17H19N3O4S. The summed E-state index contributed by atoms with van der Waals surface area (Å²) in [5.41, 5.74) is 0.429. The molecular weight excluding hydrogens is 342 g/mol. The highest BCUT2D eigenvalue weighted by atomic mass is 32.2. The first-order chi connectivity index (χ1) is 11.9. The van der Waals surface area contributed by atoms with Gasteiger partial charge in [0.05, 0.1) is 23.2 Å². The van der Waals surface area contributed by atoms with Crippen molar-refractivity contribution in [3.05, 3.63) is 40.7 Å². The van der Waals surface area contributed by atoms with Gasteiger partial charge in [0, 0.05) is 17.5 Å². The summed E-state index contributed by atoms with van der Waals surface area (Å²) >= 11 is 0. The van der Waals surface area contributed by atoms with Crippen molar-refractivity contribution in [2.45, 2.75) is 37.9 Å². The Morgan fingerprint density at radius 3 is 2.64 bits per heavy atom. The maximum absolute atomic E-state index is 12.9. The molecule has 4 rings (SSSR count). The Morgan fingerprint density at radius 2 is 1.96 bits per heavy atom. The van der Waals surface area contributed by atoms with Crippen LogP contribution in [0.1, 0.15) is 19.3 Å². The predicted molar refractivity (Wildman–Crippen MR) is 92.9 cm³/mol. The van der Waals surface area contributed by atoms with E-state index in [4.69, 9.17) is 0 Å². The average molecular weight is 361 g/mol. The summed E-state index contributed by atoms with van der Waals surface area (Å²) in [6.07, 6.45) is 3.56. The van der Waals surface area contributed by atoms with Crippen molar-refractivity contribution in [2.24, 2.45) is 0 Å². The first-order valence-electron chi connectivity index (χ1n) is 8.41. The SMILES string of the molecule is O=C(Cn1ncc(=O)c2ccccc21)N(C1CC1)[C@@H]1CCS(=O)(=O)C1. The lowest BCUT2D eigenvalue weighted by atomic mass is 10.2. The van der Waals surface area contributed by atoms with Gasteiger partial charge in [-0.25, -0.2) is 8.42 Å². The summed E-state index contributed by atoms with van der Waals surface area (Å²) in [7, 11) is -3.05. The molecule has 2 heterocycles. The monoisotopic (exact) mass is 361 g/mol. The van der Waals surface area contributed by atoms with E-state index in [9.17, 15) is 18.0 Å². The molecule has 1 atom stereocenters. The van der Waals surface area contributed by atoms with Crippen LogP contribution in [0.2, 0.25) is 0 Å². The van der Waals surface area contributed by atoms with Gasteiger partial charge in [-0.1, -0.05) is 12.1 Å². The normalized spacial score (nSPS) is 22.2. The quantitative estimate of drug-likeness (QED) is 0.794. The first-order valence-corrected chi connectivity index (χ1v) is 10.2. The van der Waals surface area contributed by atoms with Crippen molar-refractivity contribution in [2.75, 3.05) is 11.5 Å². The second-order valence-electron chi connectivity index (χ2n) is 6.77. The molecule has 1 saturated carbocycles. The molecule has 1 amide bonds. The molecule has 132 valence electrons. The molecule has 2 aliphatic rings. The van der Waals surface area contributed by atoms with Gasteiger partial charge in [-0.15, -0.1) is 0 Å². The summed E-state index contributed by atoms with van der Waals surface area (Å²) in [4.78, 5) is 26.6. The fourth-order valence-corrected chi connectivity index (χ4v) is 5.26. The number of aromatic nitrogens is 2. The van der Waals surface area contributed by atoms with Crippen LogP contribution in [0.25, 0.3) is 10.9 Å². The van der Waals surface area contributed by atoms with Crippen molar-refractivity contribution in [3.63, 3.8) is 0 Å². The molecule has 1 aliphatic carbocycles. The largest absolute Gasteiger partial charge is 0.334 e. The standard InChI is InChI=1S/C17H19N3O4S/c21-16-9-18-19(15-4-2-1-3-14(15)16)10-17(22)20(12-5-6-12)13-7-8-25(23,24)11-13/h1-4,9,12-13H,5-8,10-11H2/t13-/m1/s1. The number of para-hydroxylation sites is 1. The zero-order chi connectivity index (χ0) is 17.6. The Hall–Kier alpha value is -2.22. The van der Waals surface area contributed by atoms with Crippen LogP contribution in [0.15, 0.2) is 35.3 Å². The molecule has 1 saturated heterocycles. The highest BCUT2D eigenvalue weighted by Gasteiger charge is 2.42. The van der Waals surface area contributed by atoms with E-state index in [-0.39, 0.29) is 41.5 Å². The zero-order valence-electron chi connectivity index (χ0n) is 13.7. The smallest absolute Gasteiger partial charge is 0.244 e. The lowest BCUT2D eigenvalue weighted by molar-refractivity contribution is -0.134. The van der Waals surface area contributed by atoms with E-state index in [1.54, 1.807) is 29.2 Å². The molecule has 0 radical (unpaired) electrons. The molecule has 8 heteroatoms. The summed E-state index contributed by atoms with van der Waals surface area (Å²) in [6.45, 7) is 0.00778. The van der Waals surface area contributed by atoms with Crippen LogP contribution in [-0.2, 0) is 21.2 Å². The Morgan fingerprint density at radius 1 is 1.20 bits per heavy atom. The fraction of sp³-hybridized carbons (Fsp3) is 0.471. The van der Waals surface area contributed by atoms with E-state index in [0.29, 0.717) is 17.3 Å². The third kappa shape index (κ3) is 3.18. The number of nitrogens with zero attached hydrogens (tertiary/aromatic N) is 3. The minimum atomic E-state index is -3.05. The minimum absolute atomic E-state index is 0.00778. The highest BCUT2D eigenvalue weighted by molar-refractivity contribution is 7.91. The highest BCUT2D eigenvalue weighted by Crippen LogP contribution is 2.32. The Balaban J connectivity index is 1.63. The molecule has 0 unspecified atom stereocenters. The number of hydrogen-bond acceptors (Lipinski definition) is 5. The maximum Gasteiger partial charge on any atom is 0.244 e. The Bertz CT molecular complexity index is 994. The van der Waals surface area contributed by atoms with Crippen LogP contribution in [0.3, 0.4) is 0 Å². The fourth-order valence-electron chi connectivity index (χ4n) is 3.55. The Kier molecular flexibility index (Phi) is 3.87. The molecule has 2 aromatic rings. The first kappa shape index (κ1) is 16.3. The van der Waals surface area contributed by atoms with Gasteiger partial charge in [0.1, 0.15) is 6.54 Å². The Labute approximate surface area is 145 Å². The third-order valence-corrected chi connectivity index (χ3v) is 6.63.